The third-order valence-corrected chi connectivity index (χ3v) is 4.42. The molecule has 0 aromatic heterocycles. The highest BCUT2D eigenvalue weighted by Gasteiger charge is 2.21. The summed E-state index contributed by atoms with van der Waals surface area (Å²) in [5, 5.41) is 19.1. The quantitative estimate of drug-likeness (QED) is 0.507. The van der Waals surface area contributed by atoms with E-state index < -0.39 is 11.9 Å². The standard InChI is InChI=1S/C20H30O4/c1-3-5-7-9-11-15-13-14-17(19(21)22)16(18(15)20(23)24)12-10-8-6-4-2/h13-14H,3-12H2,1-2H3,(H,21,22)(H,23,24). The molecule has 0 fully saturated rings. The highest BCUT2D eigenvalue weighted by Crippen LogP contribution is 2.24. The summed E-state index contributed by atoms with van der Waals surface area (Å²) in [6.45, 7) is 4.25. The molecule has 0 saturated heterocycles. The van der Waals surface area contributed by atoms with Gasteiger partial charge in [0.05, 0.1) is 11.1 Å². The second-order valence-corrected chi connectivity index (χ2v) is 6.36. The normalized spacial score (nSPS) is 10.8. The van der Waals surface area contributed by atoms with Crippen LogP contribution in [0, 0.1) is 0 Å². The fourth-order valence-electron chi connectivity index (χ4n) is 3.10. The minimum atomic E-state index is -1.04. The number of carboxylic acid groups (broad SMARTS) is 2. The fraction of sp³-hybridized carbons (Fsp3) is 0.600. The first-order valence-electron chi connectivity index (χ1n) is 9.14. The van der Waals surface area contributed by atoms with Crippen molar-refractivity contribution in [2.45, 2.75) is 78.1 Å². The van der Waals surface area contributed by atoms with Gasteiger partial charge in [-0.2, -0.15) is 0 Å². The van der Waals surface area contributed by atoms with Gasteiger partial charge in [0.1, 0.15) is 0 Å². The van der Waals surface area contributed by atoms with Gasteiger partial charge in [-0.1, -0.05) is 58.4 Å². The molecule has 0 atom stereocenters. The van der Waals surface area contributed by atoms with Crippen molar-refractivity contribution in [3.05, 3.63) is 34.4 Å². The zero-order chi connectivity index (χ0) is 17.9. The maximum absolute atomic E-state index is 11.8. The predicted octanol–water partition coefficient (Wildman–Crippen LogP) is 5.33. The van der Waals surface area contributed by atoms with E-state index in [2.05, 4.69) is 13.8 Å². The van der Waals surface area contributed by atoms with Gasteiger partial charge in [-0.05, 0) is 42.9 Å². The van der Waals surface area contributed by atoms with Crippen LogP contribution in [0.1, 0.15) is 97.1 Å². The zero-order valence-electron chi connectivity index (χ0n) is 14.9. The molecule has 1 aromatic carbocycles. The van der Waals surface area contributed by atoms with Gasteiger partial charge in [0.2, 0.25) is 0 Å². The molecule has 4 heteroatoms. The molecule has 0 unspecified atom stereocenters. The van der Waals surface area contributed by atoms with E-state index >= 15 is 0 Å². The molecule has 0 saturated carbocycles. The van der Waals surface area contributed by atoms with Crippen molar-refractivity contribution in [3.8, 4) is 0 Å². The van der Waals surface area contributed by atoms with Crippen molar-refractivity contribution in [2.75, 3.05) is 0 Å². The topological polar surface area (TPSA) is 74.6 Å². The summed E-state index contributed by atoms with van der Waals surface area (Å²) in [4.78, 5) is 23.3. The van der Waals surface area contributed by atoms with Gasteiger partial charge in [0, 0.05) is 0 Å². The van der Waals surface area contributed by atoms with Crippen LogP contribution < -0.4 is 0 Å². The summed E-state index contributed by atoms with van der Waals surface area (Å²) in [7, 11) is 0. The van der Waals surface area contributed by atoms with Gasteiger partial charge in [-0.3, -0.25) is 0 Å². The van der Waals surface area contributed by atoms with Crippen LogP contribution in [0.3, 0.4) is 0 Å². The summed E-state index contributed by atoms with van der Waals surface area (Å²) in [5.41, 5.74) is 1.64. The summed E-state index contributed by atoms with van der Waals surface area (Å²) in [6, 6.07) is 3.27. The van der Waals surface area contributed by atoms with E-state index in [1.54, 1.807) is 12.1 Å². The Bertz CT molecular complexity index is 549. The van der Waals surface area contributed by atoms with E-state index in [1.807, 2.05) is 0 Å². The van der Waals surface area contributed by atoms with Gasteiger partial charge in [0.15, 0.2) is 0 Å². The van der Waals surface area contributed by atoms with Crippen molar-refractivity contribution >= 4 is 11.9 Å². The van der Waals surface area contributed by atoms with Crippen LogP contribution in [-0.2, 0) is 12.8 Å². The summed E-state index contributed by atoms with van der Waals surface area (Å²) in [6.07, 6.45) is 9.50. The number of aromatic carboxylic acids is 2. The van der Waals surface area contributed by atoms with Crippen LogP contribution >= 0.6 is 0 Å². The smallest absolute Gasteiger partial charge is 0.336 e. The summed E-state index contributed by atoms with van der Waals surface area (Å²) >= 11 is 0. The largest absolute Gasteiger partial charge is 0.478 e. The Hall–Kier alpha value is -1.84. The second-order valence-electron chi connectivity index (χ2n) is 6.36. The van der Waals surface area contributed by atoms with Gasteiger partial charge < -0.3 is 10.2 Å². The molecule has 4 nitrogen and oxygen atoms in total. The monoisotopic (exact) mass is 334 g/mol. The molecular weight excluding hydrogens is 304 g/mol. The average Bonchev–Trinajstić information content (AvgIpc) is 2.54. The number of unbranched alkanes of at least 4 members (excludes halogenated alkanes) is 6. The Balaban J connectivity index is 3.07. The highest BCUT2D eigenvalue weighted by molar-refractivity contribution is 5.97. The number of hydrogen-bond donors (Lipinski definition) is 2. The Kier molecular flexibility index (Phi) is 9.13. The first-order chi connectivity index (χ1) is 11.5. The van der Waals surface area contributed by atoms with Crippen molar-refractivity contribution < 1.29 is 19.8 Å². The van der Waals surface area contributed by atoms with Crippen LogP contribution in [0.5, 0.6) is 0 Å². The predicted molar refractivity (Wildman–Crippen MR) is 96.1 cm³/mol. The molecule has 0 aliphatic carbocycles. The number of carbonyl (C=O) groups is 2. The molecule has 2 N–H and O–H groups in total. The first-order valence-corrected chi connectivity index (χ1v) is 9.14. The fourth-order valence-corrected chi connectivity index (χ4v) is 3.10. The Morgan fingerprint density at radius 2 is 1.38 bits per heavy atom. The Labute approximate surface area is 144 Å². The Morgan fingerprint density at radius 1 is 0.792 bits per heavy atom. The first kappa shape index (κ1) is 20.2. The van der Waals surface area contributed by atoms with Gasteiger partial charge in [-0.25, -0.2) is 9.59 Å². The lowest BCUT2D eigenvalue weighted by Crippen LogP contribution is -2.13. The van der Waals surface area contributed by atoms with E-state index in [4.69, 9.17) is 0 Å². The van der Waals surface area contributed by atoms with E-state index in [1.165, 1.54) is 0 Å². The second kappa shape index (κ2) is 10.8. The van der Waals surface area contributed by atoms with E-state index in [9.17, 15) is 19.8 Å². The Morgan fingerprint density at radius 3 is 1.88 bits per heavy atom. The van der Waals surface area contributed by atoms with Crippen LogP contribution in [0.25, 0.3) is 0 Å². The third-order valence-electron chi connectivity index (χ3n) is 4.42. The van der Waals surface area contributed by atoms with Crippen LogP contribution in [0.4, 0.5) is 0 Å². The van der Waals surface area contributed by atoms with Crippen molar-refractivity contribution in [3.63, 3.8) is 0 Å². The molecule has 0 radical (unpaired) electrons. The molecule has 24 heavy (non-hydrogen) atoms. The zero-order valence-corrected chi connectivity index (χ0v) is 14.9. The molecule has 0 aliphatic rings. The molecule has 0 bridgehead atoms. The highest BCUT2D eigenvalue weighted by atomic mass is 16.4. The number of benzene rings is 1. The van der Waals surface area contributed by atoms with E-state index in [0.29, 0.717) is 18.4 Å². The SMILES string of the molecule is CCCCCCc1ccc(C(=O)O)c(CCCCCC)c1C(=O)O. The number of carboxylic acids is 2. The van der Waals surface area contributed by atoms with Crippen molar-refractivity contribution in [2.24, 2.45) is 0 Å². The molecule has 1 rings (SSSR count). The molecule has 0 aliphatic heterocycles. The molecular formula is C20H30O4. The lowest BCUT2D eigenvalue weighted by molar-refractivity contribution is 0.0694. The van der Waals surface area contributed by atoms with Gasteiger partial charge in [-0.15, -0.1) is 0 Å². The molecule has 0 spiro atoms. The lowest BCUT2D eigenvalue weighted by atomic mass is 9.89. The number of hydrogen-bond acceptors (Lipinski definition) is 2. The van der Waals surface area contributed by atoms with E-state index in [0.717, 1.165) is 56.9 Å². The van der Waals surface area contributed by atoms with Crippen molar-refractivity contribution in [1.82, 2.24) is 0 Å². The summed E-state index contributed by atoms with van der Waals surface area (Å²) < 4.78 is 0. The van der Waals surface area contributed by atoms with Crippen molar-refractivity contribution in [1.29, 1.82) is 0 Å². The summed E-state index contributed by atoms with van der Waals surface area (Å²) in [5.74, 6) is -2.05. The third kappa shape index (κ3) is 5.99. The minimum Gasteiger partial charge on any atom is -0.478 e. The minimum absolute atomic E-state index is 0.140. The molecule has 134 valence electrons. The van der Waals surface area contributed by atoms with E-state index in [-0.39, 0.29) is 11.1 Å². The van der Waals surface area contributed by atoms with Crippen LogP contribution in [0.15, 0.2) is 12.1 Å². The van der Waals surface area contributed by atoms with Crippen LogP contribution in [0.2, 0.25) is 0 Å². The molecule has 0 heterocycles. The lowest BCUT2D eigenvalue weighted by Gasteiger charge is -2.15. The maximum atomic E-state index is 11.8. The average molecular weight is 334 g/mol. The number of aryl methyl sites for hydroxylation is 1. The van der Waals surface area contributed by atoms with Crippen LogP contribution in [-0.4, -0.2) is 22.2 Å². The van der Waals surface area contributed by atoms with Gasteiger partial charge >= 0.3 is 11.9 Å². The van der Waals surface area contributed by atoms with Gasteiger partial charge in [0.25, 0.3) is 0 Å². The molecule has 1 aromatic rings. The molecule has 0 amide bonds. The number of rotatable bonds is 12. The maximum Gasteiger partial charge on any atom is 0.336 e.